The first-order valence-electron chi connectivity index (χ1n) is 6.90. The summed E-state index contributed by atoms with van der Waals surface area (Å²) < 4.78 is 32.9. The molecule has 0 unspecified atom stereocenters. The van der Waals surface area contributed by atoms with Crippen molar-refractivity contribution < 1.29 is 13.2 Å². The molecule has 0 amide bonds. The van der Waals surface area contributed by atoms with Gasteiger partial charge in [0, 0.05) is 11.7 Å². The van der Waals surface area contributed by atoms with Crippen LogP contribution < -0.4 is 15.2 Å². The van der Waals surface area contributed by atoms with E-state index in [-0.39, 0.29) is 10.9 Å². The minimum absolute atomic E-state index is 0.0148. The molecule has 0 atom stereocenters. The van der Waals surface area contributed by atoms with Crippen molar-refractivity contribution in [1.29, 1.82) is 0 Å². The Labute approximate surface area is 120 Å². The summed E-state index contributed by atoms with van der Waals surface area (Å²) in [5.74, 6) is 0.333. The SMILES string of the molecule is COc1cc(C)c(N)cc1S(=O)(=O)NC1CCCCC1. The van der Waals surface area contributed by atoms with Gasteiger partial charge in [0.05, 0.1) is 7.11 Å². The molecule has 3 N–H and O–H groups in total. The number of methoxy groups -OCH3 is 1. The highest BCUT2D eigenvalue weighted by Gasteiger charge is 2.25. The lowest BCUT2D eigenvalue weighted by Gasteiger charge is -2.23. The molecule has 5 nitrogen and oxygen atoms in total. The maximum atomic E-state index is 12.5. The van der Waals surface area contributed by atoms with Gasteiger partial charge in [0.2, 0.25) is 10.0 Å². The monoisotopic (exact) mass is 298 g/mol. The fourth-order valence-corrected chi connectivity index (χ4v) is 4.04. The Morgan fingerprint density at radius 2 is 1.90 bits per heavy atom. The minimum atomic E-state index is -3.60. The maximum Gasteiger partial charge on any atom is 0.244 e. The van der Waals surface area contributed by atoms with Gasteiger partial charge in [-0.05, 0) is 37.5 Å². The number of hydrogen-bond acceptors (Lipinski definition) is 4. The number of benzene rings is 1. The van der Waals surface area contributed by atoms with Crippen LogP contribution in [0.1, 0.15) is 37.7 Å². The third-order valence-electron chi connectivity index (χ3n) is 3.77. The second kappa shape index (κ2) is 6.01. The largest absolute Gasteiger partial charge is 0.495 e. The number of nitrogens with one attached hydrogen (secondary N) is 1. The molecule has 112 valence electrons. The van der Waals surface area contributed by atoms with Gasteiger partial charge >= 0.3 is 0 Å². The molecule has 0 radical (unpaired) electrons. The first kappa shape index (κ1) is 15.1. The van der Waals surface area contributed by atoms with E-state index < -0.39 is 10.0 Å². The Kier molecular flexibility index (Phi) is 4.55. The van der Waals surface area contributed by atoms with Crippen molar-refractivity contribution in [2.45, 2.75) is 50.0 Å². The van der Waals surface area contributed by atoms with Crippen LogP contribution in [0.3, 0.4) is 0 Å². The summed E-state index contributed by atoms with van der Waals surface area (Å²) in [6, 6.07) is 3.14. The summed E-state index contributed by atoms with van der Waals surface area (Å²) in [7, 11) is -2.13. The molecule has 0 spiro atoms. The number of aryl methyl sites for hydroxylation is 1. The summed E-state index contributed by atoms with van der Waals surface area (Å²) in [6.07, 6.45) is 5.10. The molecule has 0 bridgehead atoms. The lowest BCUT2D eigenvalue weighted by atomic mass is 9.96. The second-order valence-corrected chi connectivity index (χ2v) is 7.00. The Balaban J connectivity index is 2.30. The Bertz CT molecular complexity index is 578. The van der Waals surface area contributed by atoms with E-state index in [1.807, 2.05) is 6.92 Å². The number of anilines is 1. The van der Waals surface area contributed by atoms with E-state index >= 15 is 0 Å². The number of rotatable bonds is 4. The number of sulfonamides is 1. The zero-order chi connectivity index (χ0) is 14.8. The van der Waals surface area contributed by atoms with Crippen LogP contribution in [-0.4, -0.2) is 21.6 Å². The van der Waals surface area contributed by atoms with Gasteiger partial charge < -0.3 is 10.5 Å². The number of ether oxygens (including phenoxy) is 1. The zero-order valence-electron chi connectivity index (χ0n) is 12.0. The molecule has 1 aromatic rings. The first-order valence-corrected chi connectivity index (χ1v) is 8.39. The van der Waals surface area contributed by atoms with E-state index in [1.54, 1.807) is 6.07 Å². The highest BCUT2D eigenvalue weighted by atomic mass is 32.2. The van der Waals surface area contributed by atoms with Gasteiger partial charge in [0.15, 0.2) is 0 Å². The van der Waals surface area contributed by atoms with Crippen molar-refractivity contribution in [3.05, 3.63) is 17.7 Å². The molecule has 1 fully saturated rings. The van der Waals surface area contributed by atoms with Gasteiger partial charge in [-0.3, -0.25) is 0 Å². The summed E-state index contributed by atoms with van der Waals surface area (Å²) in [5.41, 5.74) is 7.08. The van der Waals surface area contributed by atoms with Crippen molar-refractivity contribution in [2.75, 3.05) is 12.8 Å². The normalized spacial score (nSPS) is 17.1. The molecule has 1 aromatic carbocycles. The van der Waals surface area contributed by atoms with Gasteiger partial charge in [-0.2, -0.15) is 0 Å². The summed E-state index contributed by atoms with van der Waals surface area (Å²) in [4.78, 5) is 0.119. The van der Waals surface area contributed by atoms with E-state index in [4.69, 9.17) is 10.5 Å². The molecule has 6 heteroatoms. The van der Waals surface area contributed by atoms with Crippen LogP contribution in [0.5, 0.6) is 5.75 Å². The van der Waals surface area contributed by atoms with E-state index in [0.29, 0.717) is 11.4 Å². The van der Waals surface area contributed by atoms with Crippen LogP contribution in [0.25, 0.3) is 0 Å². The fraction of sp³-hybridized carbons (Fsp3) is 0.571. The van der Waals surface area contributed by atoms with Crippen LogP contribution in [0.2, 0.25) is 0 Å². The fourth-order valence-electron chi connectivity index (χ4n) is 2.55. The molecule has 1 aliphatic carbocycles. The summed E-state index contributed by atoms with van der Waals surface area (Å²) in [5, 5.41) is 0. The Hall–Kier alpha value is -1.27. The molecule has 2 rings (SSSR count). The molecular weight excluding hydrogens is 276 g/mol. The third-order valence-corrected chi connectivity index (χ3v) is 5.31. The molecule has 0 aliphatic heterocycles. The van der Waals surface area contributed by atoms with Crippen molar-refractivity contribution in [2.24, 2.45) is 0 Å². The lowest BCUT2D eigenvalue weighted by Crippen LogP contribution is -2.36. The Morgan fingerprint density at radius 1 is 1.25 bits per heavy atom. The molecule has 20 heavy (non-hydrogen) atoms. The minimum Gasteiger partial charge on any atom is -0.495 e. The van der Waals surface area contributed by atoms with Crippen molar-refractivity contribution in [3.8, 4) is 5.75 Å². The quantitative estimate of drug-likeness (QED) is 0.835. The van der Waals surface area contributed by atoms with Gasteiger partial charge in [-0.25, -0.2) is 13.1 Å². The molecule has 1 aliphatic rings. The molecule has 0 heterocycles. The highest BCUT2D eigenvalue weighted by molar-refractivity contribution is 7.89. The van der Waals surface area contributed by atoms with Crippen molar-refractivity contribution in [1.82, 2.24) is 4.72 Å². The van der Waals surface area contributed by atoms with Gasteiger partial charge in [-0.15, -0.1) is 0 Å². The molecule has 0 aromatic heterocycles. The third kappa shape index (κ3) is 3.24. The van der Waals surface area contributed by atoms with Crippen LogP contribution in [0.15, 0.2) is 17.0 Å². The summed E-state index contributed by atoms with van der Waals surface area (Å²) in [6.45, 7) is 1.82. The van der Waals surface area contributed by atoms with Crippen LogP contribution in [0, 0.1) is 6.92 Å². The number of nitrogen functional groups attached to an aromatic ring is 1. The maximum absolute atomic E-state index is 12.5. The molecule has 1 saturated carbocycles. The van der Waals surface area contributed by atoms with Crippen LogP contribution >= 0.6 is 0 Å². The predicted molar refractivity (Wildman–Crippen MR) is 79.3 cm³/mol. The van der Waals surface area contributed by atoms with E-state index in [1.165, 1.54) is 19.6 Å². The topological polar surface area (TPSA) is 81.4 Å². The average molecular weight is 298 g/mol. The van der Waals surface area contributed by atoms with Gasteiger partial charge in [0.25, 0.3) is 0 Å². The van der Waals surface area contributed by atoms with Crippen molar-refractivity contribution in [3.63, 3.8) is 0 Å². The first-order chi connectivity index (χ1) is 9.44. The average Bonchev–Trinajstić information content (AvgIpc) is 2.42. The van der Waals surface area contributed by atoms with Crippen LogP contribution in [0.4, 0.5) is 5.69 Å². The molecular formula is C14H22N2O3S. The molecule has 0 saturated heterocycles. The second-order valence-electron chi connectivity index (χ2n) is 5.32. The lowest BCUT2D eigenvalue weighted by molar-refractivity contribution is 0.396. The summed E-state index contributed by atoms with van der Waals surface area (Å²) >= 11 is 0. The Morgan fingerprint density at radius 3 is 2.50 bits per heavy atom. The van der Waals surface area contributed by atoms with E-state index in [0.717, 1.165) is 31.2 Å². The highest BCUT2D eigenvalue weighted by Crippen LogP contribution is 2.29. The van der Waals surface area contributed by atoms with Gasteiger partial charge in [-0.1, -0.05) is 19.3 Å². The van der Waals surface area contributed by atoms with Gasteiger partial charge in [0.1, 0.15) is 10.6 Å². The van der Waals surface area contributed by atoms with Crippen molar-refractivity contribution >= 4 is 15.7 Å². The predicted octanol–water partition coefficient (Wildman–Crippen LogP) is 2.20. The number of nitrogens with two attached hydrogens (primary N) is 1. The van der Waals surface area contributed by atoms with E-state index in [2.05, 4.69) is 4.72 Å². The zero-order valence-corrected chi connectivity index (χ0v) is 12.8. The van der Waals surface area contributed by atoms with Crippen LogP contribution in [-0.2, 0) is 10.0 Å². The standard InChI is InChI=1S/C14H22N2O3S/c1-10-8-13(19-2)14(9-12(10)15)20(17,18)16-11-6-4-3-5-7-11/h8-9,11,16H,3-7,15H2,1-2H3. The number of hydrogen-bond donors (Lipinski definition) is 2. The smallest absolute Gasteiger partial charge is 0.244 e. The van der Waals surface area contributed by atoms with E-state index in [9.17, 15) is 8.42 Å².